The summed E-state index contributed by atoms with van der Waals surface area (Å²) < 4.78 is 41.9. The Morgan fingerprint density at radius 1 is 1.10 bits per heavy atom. The maximum absolute atomic E-state index is 14.0. The molecule has 2 aromatic rings. The van der Waals surface area contributed by atoms with Gasteiger partial charge >= 0.3 is 6.18 Å². The fourth-order valence-electron chi connectivity index (χ4n) is 3.97. The number of amides is 2. The van der Waals surface area contributed by atoms with E-state index in [1.807, 2.05) is 0 Å². The highest BCUT2D eigenvalue weighted by Gasteiger charge is 2.49. The molecule has 0 spiro atoms. The van der Waals surface area contributed by atoms with Crippen LogP contribution in [0.4, 0.5) is 30.2 Å². The van der Waals surface area contributed by atoms with Gasteiger partial charge in [0.1, 0.15) is 6.04 Å². The maximum Gasteiger partial charge on any atom is 0.409 e. The van der Waals surface area contributed by atoms with Crippen molar-refractivity contribution in [2.24, 2.45) is 11.7 Å². The second-order valence-corrected chi connectivity index (χ2v) is 7.55. The fourth-order valence-corrected chi connectivity index (χ4v) is 3.97. The molecule has 3 atom stereocenters. The van der Waals surface area contributed by atoms with Gasteiger partial charge in [-0.2, -0.15) is 13.2 Å². The van der Waals surface area contributed by atoms with E-state index in [1.54, 1.807) is 54.3 Å². The van der Waals surface area contributed by atoms with Crippen LogP contribution < -0.4 is 20.9 Å². The van der Waals surface area contributed by atoms with Gasteiger partial charge in [-0.1, -0.05) is 30.3 Å². The topological polar surface area (TPSA) is 78.7 Å². The fraction of sp³-hybridized carbons (Fsp3) is 0.364. The summed E-state index contributed by atoms with van der Waals surface area (Å²) in [6.07, 6.45) is -4.71. The lowest BCUT2D eigenvalue weighted by Gasteiger charge is -2.42. The Morgan fingerprint density at radius 3 is 2.23 bits per heavy atom. The number of hydrogen-bond donors (Lipinski definition) is 2. The van der Waals surface area contributed by atoms with Crippen molar-refractivity contribution in [2.75, 3.05) is 28.2 Å². The van der Waals surface area contributed by atoms with Crippen molar-refractivity contribution < 1.29 is 22.8 Å². The highest BCUT2D eigenvalue weighted by atomic mass is 19.4. The number of nitrogens with one attached hydrogen (secondary N) is 1. The number of halogens is 3. The molecule has 1 aliphatic rings. The lowest BCUT2D eigenvalue weighted by molar-refractivity contribution is -0.159. The first kappa shape index (κ1) is 22.6. The molecule has 9 heteroatoms. The van der Waals surface area contributed by atoms with Crippen molar-refractivity contribution >= 4 is 28.9 Å². The number of anilines is 3. The van der Waals surface area contributed by atoms with E-state index in [4.69, 9.17) is 5.73 Å². The molecule has 0 saturated heterocycles. The Morgan fingerprint density at radius 2 is 1.68 bits per heavy atom. The minimum Gasteiger partial charge on any atom is -0.373 e. The number of nitrogens with zero attached hydrogens (tertiary/aromatic N) is 2. The molecule has 6 nitrogen and oxygen atoms in total. The van der Waals surface area contributed by atoms with Gasteiger partial charge < -0.3 is 20.9 Å². The highest BCUT2D eigenvalue weighted by molar-refractivity contribution is 6.05. The first-order valence-electron chi connectivity index (χ1n) is 9.93. The normalized spacial score (nSPS) is 18.2. The van der Waals surface area contributed by atoms with Crippen molar-refractivity contribution in [3.8, 4) is 0 Å². The van der Waals surface area contributed by atoms with Gasteiger partial charge in [-0.25, -0.2) is 0 Å². The van der Waals surface area contributed by atoms with E-state index in [2.05, 4.69) is 5.32 Å². The van der Waals surface area contributed by atoms with Crippen molar-refractivity contribution in [2.45, 2.75) is 32.1 Å². The molecule has 2 unspecified atom stereocenters. The van der Waals surface area contributed by atoms with E-state index >= 15 is 0 Å². The first-order chi connectivity index (χ1) is 14.6. The summed E-state index contributed by atoms with van der Waals surface area (Å²) in [5, 5.41) is 2.44. The SMILES string of the molecule is CC(=O)N1c2ccccc2N(C(=O)C(CN)C(Nc2ccccc2)C(F)(F)F)C[C@@H]1C. The minimum atomic E-state index is -4.71. The molecular formula is C22H25F3N4O2. The van der Waals surface area contributed by atoms with Crippen LogP contribution in [0.25, 0.3) is 0 Å². The number of hydrogen-bond acceptors (Lipinski definition) is 4. The van der Waals surface area contributed by atoms with Gasteiger partial charge in [0.2, 0.25) is 11.8 Å². The molecule has 166 valence electrons. The quantitative estimate of drug-likeness (QED) is 0.756. The molecule has 2 amide bonds. The molecule has 3 N–H and O–H groups in total. The molecule has 2 aromatic carbocycles. The van der Waals surface area contributed by atoms with E-state index in [1.165, 1.54) is 24.0 Å². The first-order valence-corrected chi connectivity index (χ1v) is 9.93. The van der Waals surface area contributed by atoms with E-state index < -0.39 is 36.6 Å². The van der Waals surface area contributed by atoms with Crippen LogP contribution in [-0.2, 0) is 9.59 Å². The van der Waals surface area contributed by atoms with Crippen LogP contribution in [0, 0.1) is 5.92 Å². The third-order valence-corrected chi connectivity index (χ3v) is 5.35. The van der Waals surface area contributed by atoms with E-state index in [-0.39, 0.29) is 18.1 Å². The summed E-state index contributed by atoms with van der Waals surface area (Å²) >= 11 is 0. The standard InChI is InChI=1S/C22H25F3N4O2/c1-14-13-28(18-10-6-7-11-19(18)29(14)15(2)30)21(31)17(12-26)20(22(23,24)25)27-16-8-4-3-5-9-16/h3-11,14,17,20,27H,12-13,26H2,1-2H3/t14-,17?,20?/m0/s1. The van der Waals surface area contributed by atoms with Crippen LogP contribution in [0.15, 0.2) is 54.6 Å². The third-order valence-electron chi connectivity index (χ3n) is 5.35. The Balaban J connectivity index is 1.98. The van der Waals surface area contributed by atoms with Gasteiger partial charge in [0, 0.05) is 25.7 Å². The van der Waals surface area contributed by atoms with Gasteiger partial charge in [0.15, 0.2) is 0 Å². The van der Waals surface area contributed by atoms with Gasteiger partial charge in [-0.3, -0.25) is 9.59 Å². The van der Waals surface area contributed by atoms with E-state index in [9.17, 15) is 22.8 Å². The molecule has 0 aromatic heterocycles. The molecule has 0 radical (unpaired) electrons. The van der Waals surface area contributed by atoms with Gasteiger partial charge in [-0.05, 0) is 31.2 Å². The summed E-state index contributed by atoms with van der Waals surface area (Å²) in [6.45, 7) is 2.74. The monoisotopic (exact) mass is 434 g/mol. The Hall–Kier alpha value is -3.07. The van der Waals surface area contributed by atoms with Crippen LogP contribution >= 0.6 is 0 Å². The zero-order chi connectivity index (χ0) is 22.8. The predicted octanol–water partition coefficient (Wildman–Crippen LogP) is 3.39. The summed E-state index contributed by atoms with van der Waals surface area (Å²) in [5.41, 5.74) is 6.82. The highest BCUT2D eigenvalue weighted by Crippen LogP contribution is 2.38. The van der Waals surface area contributed by atoms with E-state index in [0.29, 0.717) is 11.4 Å². The Bertz CT molecular complexity index is 936. The molecule has 0 aliphatic carbocycles. The van der Waals surface area contributed by atoms with E-state index in [0.717, 1.165) is 0 Å². The van der Waals surface area contributed by atoms with Gasteiger partial charge in [-0.15, -0.1) is 0 Å². The third kappa shape index (κ3) is 4.66. The van der Waals surface area contributed by atoms with Crippen molar-refractivity contribution in [1.82, 2.24) is 0 Å². The molecule has 0 fully saturated rings. The number of fused-ring (bicyclic) bond motifs is 1. The van der Waals surface area contributed by atoms with Crippen LogP contribution in [0.2, 0.25) is 0 Å². The van der Waals surface area contributed by atoms with Crippen LogP contribution in [-0.4, -0.2) is 43.2 Å². The average Bonchev–Trinajstić information content (AvgIpc) is 2.72. The maximum atomic E-state index is 14.0. The number of benzene rings is 2. The molecule has 31 heavy (non-hydrogen) atoms. The van der Waals surface area contributed by atoms with Crippen molar-refractivity contribution in [3.05, 3.63) is 54.6 Å². The molecule has 3 rings (SSSR count). The summed E-state index contributed by atoms with van der Waals surface area (Å²) in [7, 11) is 0. The number of para-hydroxylation sites is 3. The largest absolute Gasteiger partial charge is 0.409 e. The Kier molecular flexibility index (Phi) is 6.54. The Labute approximate surface area is 178 Å². The lowest BCUT2D eigenvalue weighted by atomic mass is 9.95. The smallest absolute Gasteiger partial charge is 0.373 e. The molecule has 0 bridgehead atoms. The number of nitrogens with two attached hydrogens (primary N) is 1. The lowest BCUT2D eigenvalue weighted by Crippen LogP contribution is -2.57. The molecule has 0 saturated carbocycles. The molecular weight excluding hydrogens is 409 g/mol. The summed E-state index contributed by atoms with van der Waals surface area (Å²) in [5.74, 6) is -2.50. The number of carbonyl (C=O) groups excluding carboxylic acids is 2. The van der Waals surface area contributed by atoms with Crippen LogP contribution in [0.1, 0.15) is 13.8 Å². The summed E-state index contributed by atoms with van der Waals surface area (Å²) in [4.78, 5) is 28.4. The van der Waals surface area contributed by atoms with Gasteiger partial charge in [0.25, 0.3) is 0 Å². The molecule has 1 heterocycles. The second kappa shape index (κ2) is 8.97. The average molecular weight is 434 g/mol. The van der Waals surface area contributed by atoms with Crippen molar-refractivity contribution in [3.63, 3.8) is 0 Å². The van der Waals surface area contributed by atoms with Gasteiger partial charge in [0.05, 0.1) is 23.3 Å². The number of alkyl halides is 3. The molecule has 1 aliphatic heterocycles. The zero-order valence-corrected chi connectivity index (χ0v) is 17.3. The van der Waals surface area contributed by atoms with Crippen LogP contribution in [0.3, 0.4) is 0 Å². The second-order valence-electron chi connectivity index (χ2n) is 7.55. The zero-order valence-electron chi connectivity index (χ0n) is 17.3. The van der Waals surface area contributed by atoms with Crippen LogP contribution in [0.5, 0.6) is 0 Å². The summed E-state index contributed by atoms with van der Waals surface area (Å²) in [6, 6.07) is 12.0. The predicted molar refractivity (Wildman–Crippen MR) is 114 cm³/mol. The number of carbonyl (C=O) groups is 2. The number of rotatable bonds is 5. The van der Waals surface area contributed by atoms with Crippen molar-refractivity contribution in [1.29, 1.82) is 0 Å². The minimum absolute atomic E-state index is 0.0713.